The van der Waals surface area contributed by atoms with Gasteiger partial charge in [-0.25, -0.2) is 0 Å². The van der Waals surface area contributed by atoms with Gasteiger partial charge in [-0.1, -0.05) is 35.0 Å². The summed E-state index contributed by atoms with van der Waals surface area (Å²) in [7, 11) is 0. The monoisotopic (exact) mass is 324 g/mol. The lowest BCUT2D eigenvalue weighted by atomic mass is 10.1. The van der Waals surface area contributed by atoms with E-state index in [0.717, 1.165) is 11.1 Å². The highest BCUT2D eigenvalue weighted by molar-refractivity contribution is 5.79. The zero-order chi connectivity index (χ0) is 17.1. The van der Waals surface area contributed by atoms with Crippen LogP contribution in [0.25, 0.3) is 11.3 Å². The Bertz CT molecular complexity index is 833. The van der Waals surface area contributed by atoms with E-state index < -0.39 is 0 Å². The lowest BCUT2D eigenvalue weighted by Crippen LogP contribution is -2.30. The Morgan fingerprint density at radius 1 is 1.25 bits per heavy atom. The molecule has 0 spiro atoms. The first kappa shape index (κ1) is 16.0. The molecule has 2 aromatic heterocycles. The van der Waals surface area contributed by atoms with Crippen molar-refractivity contribution in [2.45, 2.75) is 33.4 Å². The highest BCUT2D eigenvalue weighted by Crippen LogP contribution is 2.20. The van der Waals surface area contributed by atoms with Gasteiger partial charge in [0.1, 0.15) is 11.7 Å². The maximum atomic E-state index is 12.2. The van der Waals surface area contributed by atoms with E-state index in [0.29, 0.717) is 18.0 Å². The molecule has 6 heteroatoms. The van der Waals surface area contributed by atoms with Gasteiger partial charge in [-0.3, -0.25) is 9.48 Å². The van der Waals surface area contributed by atoms with Crippen molar-refractivity contribution in [3.05, 3.63) is 59.5 Å². The maximum Gasteiger partial charge on any atom is 0.244 e. The van der Waals surface area contributed by atoms with Gasteiger partial charge < -0.3 is 9.84 Å². The smallest absolute Gasteiger partial charge is 0.244 e. The molecule has 2 heterocycles. The van der Waals surface area contributed by atoms with Crippen molar-refractivity contribution in [3.8, 4) is 11.3 Å². The van der Waals surface area contributed by atoms with Crippen LogP contribution in [0, 0.1) is 13.8 Å². The van der Waals surface area contributed by atoms with Crippen LogP contribution >= 0.6 is 0 Å². The first-order chi connectivity index (χ1) is 11.5. The Kier molecular flexibility index (Phi) is 4.46. The molecule has 1 N–H and O–H groups in total. The number of carbonyl (C=O) groups is 1. The average molecular weight is 324 g/mol. The second-order valence-corrected chi connectivity index (χ2v) is 5.94. The zero-order valence-corrected chi connectivity index (χ0v) is 14.0. The van der Waals surface area contributed by atoms with Gasteiger partial charge in [0, 0.05) is 17.8 Å². The van der Waals surface area contributed by atoms with Crippen molar-refractivity contribution in [2.75, 3.05) is 0 Å². The van der Waals surface area contributed by atoms with Gasteiger partial charge in [0.2, 0.25) is 5.91 Å². The molecule has 0 aliphatic heterocycles. The van der Waals surface area contributed by atoms with Crippen LogP contribution in [0.5, 0.6) is 0 Å². The topological polar surface area (TPSA) is 73.0 Å². The Hall–Kier alpha value is -2.89. The summed E-state index contributed by atoms with van der Waals surface area (Å²) in [6.45, 7) is 6.10. The second kappa shape index (κ2) is 6.70. The molecule has 1 aromatic carbocycles. The van der Waals surface area contributed by atoms with E-state index in [1.807, 2.05) is 57.3 Å². The van der Waals surface area contributed by atoms with E-state index in [-0.39, 0.29) is 11.9 Å². The average Bonchev–Trinajstić information content (AvgIpc) is 3.22. The minimum atomic E-state index is -0.373. The SMILES string of the molecule is Cc1ccc(-c2cc(CNC(=O)C(C)n3cc(C)cn3)no2)cc1. The van der Waals surface area contributed by atoms with Gasteiger partial charge in [-0.05, 0) is 26.3 Å². The van der Waals surface area contributed by atoms with E-state index in [1.54, 1.807) is 10.9 Å². The molecule has 0 aliphatic carbocycles. The molecule has 0 saturated heterocycles. The van der Waals surface area contributed by atoms with Crippen molar-refractivity contribution >= 4 is 5.91 Å². The molecule has 6 nitrogen and oxygen atoms in total. The quantitative estimate of drug-likeness (QED) is 0.783. The van der Waals surface area contributed by atoms with Crippen molar-refractivity contribution in [1.82, 2.24) is 20.3 Å². The summed E-state index contributed by atoms with van der Waals surface area (Å²) in [6, 6.07) is 9.48. The van der Waals surface area contributed by atoms with Crippen LogP contribution in [0.1, 0.15) is 29.8 Å². The predicted octanol–water partition coefficient (Wildman–Crippen LogP) is 3.03. The third-order valence-electron chi connectivity index (χ3n) is 3.85. The fourth-order valence-electron chi connectivity index (χ4n) is 2.34. The molecule has 0 fully saturated rings. The van der Waals surface area contributed by atoms with E-state index in [2.05, 4.69) is 15.6 Å². The van der Waals surface area contributed by atoms with Crippen molar-refractivity contribution < 1.29 is 9.32 Å². The fourth-order valence-corrected chi connectivity index (χ4v) is 2.34. The number of aryl methyl sites for hydroxylation is 2. The summed E-state index contributed by atoms with van der Waals surface area (Å²) in [5.74, 6) is 0.577. The molecule has 1 amide bonds. The van der Waals surface area contributed by atoms with Gasteiger partial charge >= 0.3 is 0 Å². The molecular weight excluding hydrogens is 304 g/mol. The number of benzene rings is 1. The molecule has 1 atom stereocenters. The summed E-state index contributed by atoms with van der Waals surface area (Å²) < 4.78 is 7.00. The molecule has 124 valence electrons. The predicted molar refractivity (Wildman–Crippen MR) is 90.2 cm³/mol. The molecular formula is C18H20N4O2. The van der Waals surface area contributed by atoms with E-state index in [1.165, 1.54) is 5.56 Å². The third-order valence-corrected chi connectivity index (χ3v) is 3.85. The molecule has 0 bridgehead atoms. The molecule has 3 aromatic rings. The highest BCUT2D eigenvalue weighted by Gasteiger charge is 2.16. The first-order valence-electron chi connectivity index (χ1n) is 7.84. The van der Waals surface area contributed by atoms with Crippen LogP contribution in [-0.4, -0.2) is 20.8 Å². The summed E-state index contributed by atoms with van der Waals surface area (Å²) in [5, 5.41) is 11.0. The van der Waals surface area contributed by atoms with Crippen LogP contribution in [-0.2, 0) is 11.3 Å². The van der Waals surface area contributed by atoms with Crippen LogP contribution in [0.15, 0.2) is 47.2 Å². The van der Waals surface area contributed by atoms with Crippen LogP contribution in [0.2, 0.25) is 0 Å². The number of rotatable bonds is 5. The summed E-state index contributed by atoms with van der Waals surface area (Å²) >= 11 is 0. The lowest BCUT2D eigenvalue weighted by Gasteiger charge is -2.11. The molecule has 1 unspecified atom stereocenters. The number of hydrogen-bond acceptors (Lipinski definition) is 4. The fraction of sp³-hybridized carbons (Fsp3) is 0.278. The molecule has 3 rings (SSSR count). The van der Waals surface area contributed by atoms with Gasteiger partial charge in [0.25, 0.3) is 0 Å². The largest absolute Gasteiger partial charge is 0.356 e. The molecule has 0 aliphatic rings. The van der Waals surface area contributed by atoms with Crippen LogP contribution in [0.3, 0.4) is 0 Å². The van der Waals surface area contributed by atoms with Gasteiger partial charge in [0.15, 0.2) is 5.76 Å². The summed E-state index contributed by atoms with van der Waals surface area (Å²) in [6.07, 6.45) is 3.57. The molecule has 0 saturated carbocycles. The summed E-state index contributed by atoms with van der Waals surface area (Å²) in [4.78, 5) is 12.2. The van der Waals surface area contributed by atoms with Crippen molar-refractivity contribution in [1.29, 1.82) is 0 Å². The number of amides is 1. The van der Waals surface area contributed by atoms with Crippen molar-refractivity contribution in [3.63, 3.8) is 0 Å². The normalized spacial score (nSPS) is 12.1. The highest BCUT2D eigenvalue weighted by atomic mass is 16.5. The van der Waals surface area contributed by atoms with Crippen LogP contribution < -0.4 is 5.32 Å². The molecule has 24 heavy (non-hydrogen) atoms. The Balaban J connectivity index is 1.61. The maximum absolute atomic E-state index is 12.2. The third kappa shape index (κ3) is 3.53. The number of nitrogens with zero attached hydrogens (tertiary/aromatic N) is 3. The Morgan fingerprint density at radius 2 is 2.00 bits per heavy atom. The van der Waals surface area contributed by atoms with Gasteiger partial charge in [-0.15, -0.1) is 0 Å². The van der Waals surface area contributed by atoms with Gasteiger partial charge in [0.05, 0.1) is 12.7 Å². The molecule has 0 radical (unpaired) electrons. The zero-order valence-electron chi connectivity index (χ0n) is 14.0. The number of aromatic nitrogens is 3. The standard InChI is InChI=1S/C18H20N4O2/c1-12-4-6-15(7-5-12)17-8-16(21-24-17)10-19-18(23)14(3)22-11-13(2)9-20-22/h4-9,11,14H,10H2,1-3H3,(H,19,23). The first-order valence-corrected chi connectivity index (χ1v) is 7.84. The van der Waals surface area contributed by atoms with Gasteiger partial charge in [-0.2, -0.15) is 5.10 Å². The number of hydrogen-bond donors (Lipinski definition) is 1. The lowest BCUT2D eigenvalue weighted by molar-refractivity contribution is -0.124. The van der Waals surface area contributed by atoms with E-state index >= 15 is 0 Å². The van der Waals surface area contributed by atoms with E-state index in [4.69, 9.17) is 4.52 Å². The summed E-state index contributed by atoms with van der Waals surface area (Å²) in [5.41, 5.74) is 3.86. The minimum absolute atomic E-state index is 0.113. The van der Waals surface area contributed by atoms with Crippen LogP contribution in [0.4, 0.5) is 0 Å². The number of carbonyl (C=O) groups excluding carboxylic acids is 1. The van der Waals surface area contributed by atoms with Crippen molar-refractivity contribution in [2.24, 2.45) is 0 Å². The van der Waals surface area contributed by atoms with E-state index in [9.17, 15) is 4.79 Å². The second-order valence-electron chi connectivity index (χ2n) is 5.94. The number of nitrogens with one attached hydrogen (secondary N) is 1. The Morgan fingerprint density at radius 3 is 2.67 bits per heavy atom. The minimum Gasteiger partial charge on any atom is -0.356 e. The Labute approximate surface area is 140 Å².